The number of nitrogens with one attached hydrogen (secondary N) is 1. The van der Waals surface area contributed by atoms with Gasteiger partial charge in [0.05, 0.1) is 33.0 Å². The molecular formula is C16H36N2O3. The van der Waals surface area contributed by atoms with Crippen molar-refractivity contribution in [2.45, 2.75) is 39.2 Å². The third-order valence-corrected chi connectivity index (χ3v) is 3.58. The monoisotopic (exact) mass is 304 g/mol. The number of unbranched alkanes of at least 4 members (excludes halogenated alkanes) is 1. The van der Waals surface area contributed by atoms with Crippen molar-refractivity contribution >= 4 is 0 Å². The maximum absolute atomic E-state index is 5.51. The Morgan fingerprint density at radius 3 is 1.90 bits per heavy atom. The predicted molar refractivity (Wildman–Crippen MR) is 88.0 cm³/mol. The summed E-state index contributed by atoms with van der Waals surface area (Å²) in [6.45, 7) is 12.6. The molecule has 0 atom stereocenters. The first-order valence-electron chi connectivity index (χ1n) is 8.12. The van der Waals surface area contributed by atoms with Gasteiger partial charge in [0.25, 0.3) is 0 Å². The second kappa shape index (κ2) is 13.5. The van der Waals surface area contributed by atoms with E-state index in [1.807, 2.05) is 0 Å². The summed E-state index contributed by atoms with van der Waals surface area (Å²) in [5.74, 6) is 0. The zero-order chi connectivity index (χ0) is 16.0. The molecule has 0 fully saturated rings. The summed E-state index contributed by atoms with van der Waals surface area (Å²) in [4.78, 5) is 2.22. The lowest BCUT2D eigenvalue weighted by Crippen LogP contribution is -2.47. The van der Waals surface area contributed by atoms with Gasteiger partial charge in [0.15, 0.2) is 0 Å². The van der Waals surface area contributed by atoms with Crippen LogP contribution in [0.1, 0.15) is 33.6 Å². The van der Waals surface area contributed by atoms with Crippen LogP contribution in [-0.4, -0.2) is 77.3 Å². The van der Waals surface area contributed by atoms with Crippen molar-refractivity contribution in [3.8, 4) is 0 Å². The van der Waals surface area contributed by atoms with Crippen LogP contribution in [0.3, 0.4) is 0 Å². The molecule has 0 bridgehead atoms. The largest absolute Gasteiger partial charge is 0.379 e. The van der Waals surface area contributed by atoms with Crippen molar-refractivity contribution in [1.29, 1.82) is 0 Å². The van der Waals surface area contributed by atoms with Gasteiger partial charge in [0.2, 0.25) is 0 Å². The minimum absolute atomic E-state index is 0.168. The maximum atomic E-state index is 5.51. The Hall–Kier alpha value is -0.200. The van der Waals surface area contributed by atoms with Crippen LogP contribution in [0.15, 0.2) is 0 Å². The van der Waals surface area contributed by atoms with E-state index >= 15 is 0 Å². The molecule has 0 unspecified atom stereocenters. The smallest absolute Gasteiger partial charge is 0.0701 e. The van der Waals surface area contributed by atoms with Crippen molar-refractivity contribution in [3.05, 3.63) is 0 Å². The van der Waals surface area contributed by atoms with Crippen molar-refractivity contribution in [1.82, 2.24) is 10.2 Å². The zero-order valence-corrected chi connectivity index (χ0v) is 14.7. The third kappa shape index (κ3) is 13.2. The topological polar surface area (TPSA) is 43.0 Å². The summed E-state index contributed by atoms with van der Waals surface area (Å²) < 4.78 is 16.3. The number of likely N-dealkylation sites (N-methyl/N-ethyl adjacent to an activating group) is 1. The molecule has 0 aliphatic carbocycles. The van der Waals surface area contributed by atoms with Crippen LogP contribution in [0.4, 0.5) is 0 Å². The van der Waals surface area contributed by atoms with Gasteiger partial charge >= 0.3 is 0 Å². The standard InChI is InChI=1S/C16H36N2O3/c1-6-7-9-19-11-13-21-14-12-20-10-8-17-15-16(2,3)18(4)5/h17H,6-15H2,1-5H3. The van der Waals surface area contributed by atoms with Crippen LogP contribution in [0.25, 0.3) is 0 Å². The molecule has 0 rings (SSSR count). The van der Waals surface area contributed by atoms with E-state index in [0.717, 1.165) is 32.7 Å². The molecule has 5 heteroatoms. The number of hydrogen-bond donors (Lipinski definition) is 1. The van der Waals surface area contributed by atoms with Crippen LogP contribution in [0.2, 0.25) is 0 Å². The lowest BCUT2D eigenvalue weighted by atomic mass is 10.0. The Balaban J connectivity index is 3.16. The fourth-order valence-corrected chi connectivity index (χ4v) is 1.49. The fourth-order valence-electron chi connectivity index (χ4n) is 1.49. The van der Waals surface area contributed by atoms with Gasteiger partial charge in [-0.1, -0.05) is 13.3 Å². The van der Waals surface area contributed by atoms with E-state index in [4.69, 9.17) is 14.2 Å². The first-order valence-corrected chi connectivity index (χ1v) is 8.12. The van der Waals surface area contributed by atoms with Gasteiger partial charge in [-0.2, -0.15) is 0 Å². The summed E-state index contributed by atoms with van der Waals surface area (Å²) in [5, 5.41) is 3.41. The van der Waals surface area contributed by atoms with E-state index < -0.39 is 0 Å². The Labute approximate surface area is 131 Å². The molecule has 0 radical (unpaired) electrons. The quantitative estimate of drug-likeness (QED) is 0.467. The summed E-state index contributed by atoms with van der Waals surface area (Å²) in [7, 11) is 4.20. The second-order valence-corrected chi connectivity index (χ2v) is 6.07. The van der Waals surface area contributed by atoms with E-state index in [-0.39, 0.29) is 5.54 Å². The minimum Gasteiger partial charge on any atom is -0.379 e. The average Bonchev–Trinajstić information content (AvgIpc) is 2.43. The Kier molecular flexibility index (Phi) is 13.3. The van der Waals surface area contributed by atoms with Crippen molar-refractivity contribution < 1.29 is 14.2 Å². The molecule has 0 aromatic heterocycles. The number of ether oxygens (including phenoxy) is 3. The van der Waals surface area contributed by atoms with E-state index in [0.29, 0.717) is 26.4 Å². The molecule has 1 N–H and O–H groups in total. The zero-order valence-electron chi connectivity index (χ0n) is 14.7. The van der Waals surface area contributed by atoms with Crippen molar-refractivity contribution in [2.24, 2.45) is 0 Å². The molecule has 0 spiro atoms. The molecule has 0 amide bonds. The molecule has 0 saturated carbocycles. The Morgan fingerprint density at radius 2 is 1.38 bits per heavy atom. The molecule has 0 aliphatic rings. The molecule has 128 valence electrons. The molecule has 0 heterocycles. The first-order chi connectivity index (χ1) is 10.0. The second-order valence-electron chi connectivity index (χ2n) is 6.07. The highest BCUT2D eigenvalue weighted by Gasteiger charge is 2.18. The minimum atomic E-state index is 0.168. The summed E-state index contributed by atoms with van der Waals surface area (Å²) in [6.07, 6.45) is 2.30. The molecule has 0 aliphatic heterocycles. The van der Waals surface area contributed by atoms with Gasteiger partial charge in [-0.15, -0.1) is 0 Å². The van der Waals surface area contributed by atoms with Gasteiger partial charge in [-0.25, -0.2) is 0 Å². The third-order valence-electron chi connectivity index (χ3n) is 3.58. The number of hydrogen-bond acceptors (Lipinski definition) is 5. The number of rotatable bonds is 15. The van der Waals surface area contributed by atoms with Crippen LogP contribution in [-0.2, 0) is 14.2 Å². The lowest BCUT2D eigenvalue weighted by Gasteiger charge is -2.32. The molecule has 0 aromatic rings. The summed E-state index contributed by atoms with van der Waals surface area (Å²) in [6, 6.07) is 0. The highest BCUT2D eigenvalue weighted by molar-refractivity contribution is 4.79. The van der Waals surface area contributed by atoms with Crippen LogP contribution >= 0.6 is 0 Å². The van der Waals surface area contributed by atoms with Crippen LogP contribution in [0, 0.1) is 0 Å². The Morgan fingerprint density at radius 1 is 0.857 bits per heavy atom. The average molecular weight is 304 g/mol. The van der Waals surface area contributed by atoms with Gasteiger partial charge < -0.3 is 24.4 Å². The van der Waals surface area contributed by atoms with E-state index in [1.54, 1.807) is 0 Å². The van der Waals surface area contributed by atoms with Crippen molar-refractivity contribution in [3.63, 3.8) is 0 Å². The molecular weight excluding hydrogens is 268 g/mol. The predicted octanol–water partition coefficient (Wildman–Crippen LogP) is 1.77. The van der Waals surface area contributed by atoms with Crippen LogP contribution in [0.5, 0.6) is 0 Å². The van der Waals surface area contributed by atoms with Gasteiger partial charge in [-0.3, -0.25) is 0 Å². The maximum Gasteiger partial charge on any atom is 0.0701 e. The van der Waals surface area contributed by atoms with Gasteiger partial charge in [0.1, 0.15) is 0 Å². The summed E-state index contributed by atoms with van der Waals surface area (Å²) >= 11 is 0. The van der Waals surface area contributed by atoms with E-state index in [9.17, 15) is 0 Å². The van der Waals surface area contributed by atoms with E-state index in [1.165, 1.54) is 6.42 Å². The normalized spacial score (nSPS) is 12.3. The van der Waals surface area contributed by atoms with Crippen molar-refractivity contribution in [2.75, 3.05) is 66.8 Å². The highest BCUT2D eigenvalue weighted by atomic mass is 16.5. The van der Waals surface area contributed by atoms with Gasteiger partial charge in [-0.05, 0) is 34.4 Å². The highest BCUT2D eigenvalue weighted by Crippen LogP contribution is 2.07. The fraction of sp³-hybridized carbons (Fsp3) is 1.00. The Bertz CT molecular complexity index is 224. The first kappa shape index (κ1) is 20.8. The molecule has 0 aromatic carbocycles. The van der Waals surface area contributed by atoms with Crippen LogP contribution < -0.4 is 5.32 Å². The van der Waals surface area contributed by atoms with Gasteiger partial charge in [0, 0.05) is 25.2 Å². The number of nitrogens with zero attached hydrogens (tertiary/aromatic N) is 1. The SMILES string of the molecule is CCCCOCCOCCOCCNCC(C)(C)N(C)C. The summed E-state index contributed by atoms with van der Waals surface area (Å²) in [5.41, 5.74) is 0.168. The molecule has 5 nitrogen and oxygen atoms in total. The lowest BCUT2D eigenvalue weighted by molar-refractivity contribution is 0.0143. The molecule has 21 heavy (non-hydrogen) atoms. The van der Waals surface area contributed by atoms with E-state index in [2.05, 4.69) is 45.1 Å². The molecule has 0 saturated heterocycles.